The molecule has 2 heterocycles. The lowest BCUT2D eigenvalue weighted by molar-refractivity contribution is -0.130. The van der Waals surface area contributed by atoms with Crippen molar-refractivity contribution in [3.63, 3.8) is 0 Å². The van der Waals surface area contributed by atoms with Gasteiger partial charge < -0.3 is 34.7 Å². The number of fused-ring (bicyclic) bond motifs is 6. The topological polar surface area (TPSA) is 122 Å². The Morgan fingerprint density at radius 2 is 1.82 bits per heavy atom. The van der Waals surface area contributed by atoms with Gasteiger partial charge in [0.05, 0.1) is 39.6 Å². The Morgan fingerprint density at radius 3 is 2.56 bits per heavy atom. The van der Waals surface area contributed by atoms with Gasteiger partial charge in [-0.2, -0.15) is 0 Å². The van der Waals surface area contributed by atoms with Crippen molar-refractivity contribution < 1.29 is 28.2 Å². The third-order valence-electron chi connectivity index (χ3n) is 8.64. The molecule has 1 atom stereocenters. The van der Waals surface area contributed by atoms with Crippen LogP contribution in [-0.2, 0) is 29.0 Å². The second-order valence-electron chi connectivity index (χ2n) is 11.3. The van der Waals surface area contributed by atoms with E-state index in [1.807, 2.05) is 12.1 Å². The molecule has 0 bridgehead atoms. The maximum absolute atomic E-state index is 14.0. The molecule has 0 fully saturated rings. The minimum atomic E-state index is -0.440. The molecule has 45 heavy (non-hydrogen) atoms. The molecule has 2 aliphatic rings. The van der Waals surface area contributed by atoms with E-state index in [9.17, 15) is 18.8 Å². The van der Waals surface area contributed by atoms with Gasteiger partial charge >= 0.3 is 0 Å². The number of rotatable bonds is 7. The molecule has 11 heteroatoms. The maximum Gasteiger partial charge on any atom is 0.242 e. The average molecular weight is 615 g/mol. The van der Waals surface area contributed by atoms with Gasteiger partial charge in [0.15, 0.2) is 11.5 Å². The lowest BCUT2D eigenvalue weighted by Gasteiger charge is -2.27. The highest BCUT2D eigenvalue weighted by Crippen LogP contribution is 2.50. The summed E-state index contributed by atoms with van der Waals surface area (Å²) in [6, 6.07) is 11.0. The van der Waals surface area contributed by atoms with E-state index in [1.165, 1.54) is 32.2 Å². The van der Waals surface area contributed by atoms with Crippen molar-refractivity contribution in [3.05, 3.63) is 80.9 Å². The van der Waals surface area contributed by atoms with E-state index in [1.54, 1.807) is 31.3 Å². The first-order valence-electron chi connectivity index (χ1n) is 14.8. The molecule has 0 saturated carbocycles. The third-order valence-corrected chi connectivity index (χ3v) is 8.64. The number of hydrogen-bond donors (Lipinski definition) is 3. The Bertz CT molecular complexity index is 1890. The minimum Gasteiger partial charge on any atom is -0.493 e. The number of carbonyl (C=O) groups excluding carboxylic acids is 2. The second kappa shape index (κ2) is 12.1. The van der Waals surface area contributed by atoms with E-state index in [0.29, 0.717) is 60.7 Å². The summed E-state index contributed by atoms with van der Waals surface area (Å²) < 4.78 is 31.0. The maximum atomic E-state index is 14.0. The number of H-pyrrole nitrogens is 1. The van der Waals surface area contributed by atoms with E-state index in [2.05, 4.69) is 15.6 Å². The summed E-state index contributed by atoms with van der Waals surface area (Å²) in [5.41, 5.74) is 5.67. The standard InChI is InChI=1S/C34H35FN4O6/c1-18(40)37-25-8-5-19-13-30(43-2)33(44-3)34(45-4)32(19)21-7-10-28(29(41)15-23(21)25)36-16-31(42)39-12-11-27-24(17-39)22-14-20(35)6-9-26(22)38-27/h6-7,9-10,13-15,25,38H,5,8,11-12,16-17H2,1-4H3,(H,36,41)(H,37,40). The number of hydrogen-bond acceptors (Lipinski definition) is 7. The van der Waals surface area contributed by atoms with Gasteiger partial charge in [-0.25, -0.2) is 4.39 Å². The fourth-order valence-electron chi connectivity index (χ4n) is 6.54. The summed E-state index contributed by atoms with van der Waals surface area (Å²) in [6.45, 7) is 2.20. The lowest BCUT2D eigenvalue weighted by Crippen LogP contribution is -2.39. The summed E-state index contributed by atoms with van der Waals surface area (Å²) in [6.07, 6.45) is 1.75. The van der Waals surface area contributed by atoms with Crippen molar-refractivity contribution in [2.45, 2.75) is 38.8 Å². The number of nitrogens with zero attached hydrogens (tertiary/aromatic N) is 1. The molecule has 3 N–H and O–H groups in total. The smallest absolute Gasteiger partial charge is 0.242 e. The van der Waals surface area contributed by atoms with E-state index in [0.717, 1.165) is 33.3 Å². The predicted octanol–water partition coefficient (Wildman–Crippen LogP) is 4.48. The molecule has 1 aliphatic carbocycles. The normalized spacial score (nSPS) is 15.3. The van der Waals surface area contributed by atoms with Gasteiger partial charge in [0.25, 0.3) is 0 Å². The molecular weight excluding hydrogens is 579 g/mol. The zero-order chi connectivity index (χ0) is 31.8. The zero-order valence-corrected chi connectivity index (χ0v) is 25.6. The molecule has 0 saturated heterocycles. The molecule has 0 spiro atoms. The third kappa shape index (κ3) is 5.54. The fraction of sp³-hybridized carbons (Fsp3) is 0.324. The number of ether oxygens (including phenoxy) is 3. The number of aromatic nitrogens is 1. The van der Waals surface area contributed by atoms with Crippen molar-refractivity contribution in [2.75, 3.05) is 39.7 Å². The van der Waals surface area contributed by atoms with Gasteiger partial charge in [-0.1, -0.05) is 6.07 Å². The molecular formula is C34H35FN4O6. The number of anilines is 1. The van der Waals surface area contributed by atoms with E-state index in [4.69, 9.17) is 14.2 Å². The van der Waals surface area contributed by atoms with Gasteiger partial charge in [0.1, 0.15) is 5.82 Å². The largest absolute Gasteiger partial charge is 0.493 e. The van der Waals surface area contributed by atoms with Crippen molar-refractivity contribution in [2.24, 2.45) is 0 Å². The Morgan fingerprint density at radius 1 is 1.02 bits per heavy atom. The zero-order valence-electron chi connectivity index (χ0n) is 25.6. The summed E-state index contributed by atoms with van der Waals surface area (Å²) in [5.74, 6) is 0.667. The van der Waals surface area contributed by atoms with Crippen LogP contribution in [0.15, 0.2) is 47.3 Å². The molecule has 2 amide bonds. The van der Waals surface area contributed by atoms with E-state index < -0.39 is 6.04 Å². The first kappa shape index (κ1) is 30.0. The molecule has 6 rings (SSSR count). The average Bonchev–Trinajstić information content (AvgIpc) is 3.22. The number of methoxy groups -OCH3 is 3. The molecule has 3 aromatic carbocycles. The Balaban J connectivity index is 1.33. The summed E-state index contributed by atoms with van der Waals surface area (Å²) >= 11 is 0. The van der Waals surface area contributed by atoms with Gasteiger partial charge in [-0.05, 0) is 65.9 Å². The Kier molecular flexibility index (Phi) is 8.09. The van der Waals surface area contributed by atoms with Crippen molar-refractivity contribution in [1.29, 1.82) is 0 Å². The highest BCUT2D eigenvalue weighted by Gasteiger charge is 2.30. The monoisotopic (exact) mass is 614 g/mol. The van der Waals surface area contributed by atoms with Gasteiger partial charge in [-0.3, -0.25) is 14.4 Å². The molecule has 4 aromatic rings. The van der Waals surface area contributed by atoms with Crippen LogP contribution in [0.25, 0.3) is 22.0 Å². The summed E-state index contributed by atoms with van der Waals surface area (Å²) in [7, 11) is 4.63. The molecule has 0 radical (unpaired) electrons. The van der Waals surface area contributed by atoms with Crippen molar-refractivity contribution >= 4 is 28.4 Å². The molecule has 234 valence electrons. The molecule has 10 nitrogen and oxygen atoms in total. The fourth-order valence-corrected chi connectivity index (χ4v) is 6.54. The van der Waals surface area contributed by atoms with Gasteiger partial charge in [0, 0.05) is 54.2 Å². The molecule has 1 aliphatic heterocycles. The van der Waals surface area contributed by atoms with Crippen LogP contribution in [0.4, 0.5) is 10.1 Å². The van der Waals surface area contributed by atoms with Crippen LogP contribution in [0.5, 0.6) is 17.2 Å². The number of nitrogens with one attached hydrogen (secondary N) is 3. The van der Waals surface area contributed by atoms with Gasteiger partial charge in [-0.15, -0.1) is 0 Å². The Hall–Kier alpha value is -5.06. The SMILES string of the molecule is COc1cc2c(c(OC)c1OC)-c1ccc(NCC(=O)N3CCc4[nH]c5ccc(F)cc5c4C3)c(=O)cc1C(NC(C)=O)CC2. The number of amides is 2. The van der Waals surface area contributed by atoms with Crippen LogP contribution in [-0.4, -0.2) is 56.1 Å². The number of aromatic amines is 1. The van der Waals surface area contributed by atoms with Gasteiger partial charge in [0.2, 0.25) is 23.0 Å². The second-order valence-corrected chi connectivity index (χ2v) is 11.3. The highest BCUT2D eigenvalue weighted by molar-refractivity contribution is 5.87. The lowest BCUT2D eigenvalue weighted by atomic mass is 9.95. The predicted molar refractivity (Wildman–Crippen MR) is 169 cm³/mol. The first-order chi connectivity index (χ1) is 21.7. The molecule has 1 unspecified atom stereocenters. The summed E-state index contributed by atoms with van der Waals surface area (Å²) in [5, 5.41) is 6.81. The molecule has 1 aromatic heterocycles. The summed E-state index contributed by atoms with van der Waals surface area (Å²) in [4.78, 5) is 44.2. The van der Waals surface area contributed by atoms with Crippen LogP contribution in [0.3, 0.4) is 0 Å². The number of aryl methyl sites for hydroxylation is 1. The van der Waals surface area contributed by atoms with Crippen LogP contribution in [0, 0.1) is 5.82 Å². The number of carbonyl (C=O) groups is 2. The van der Waals surface area contributed by atoms with E-state index in [-0.39, 0.29) is 35.3 Å². The van der Waals surface area contributed by atoms with Crippen LogP contribution < -0.4 is 30.3 Å². The van der Waals surface area contributed by atoms with Crippen LogP contribution in [0.2, 0.25) is 0 Å². The van der Waals surface area contributed by atoms with E-state index >= 15 is 0 Å². The van der Waals surface area contributed by atoms with Crippen molar-refractivity contribution in [1.82, 2.24) is 15.2 Å². The van der Waals surface area contributed by atoms with Crippen molar-refractivity contribution in [3.8, 4) is 28.4 Å². The first-order valence-corrected chi connectivity index (χ1v) is 14.8. The quantitative estimate of drug-likeness (QED) is 0.281. The van der Waals surface area contributed by atoms with Crippen LogP contribution >= 0.6 is 0 Å². The van der Waals surface area contributed by atoms with Crippen LogP contribution in [0.1, 0.15) is 41.8 Å². The highest BCUT2D eigenvalue weighted by atomic mass is 19.1. The Labute approximate surface area is 259 Å². The minimum absolute atomic E-state index is 0.101. The number of benzene rings is 2. The number of halogens is 1.